The van der Waals surface area contributed by atoms with Crippen LogP contribution in [0.4, 0.5) is 0 Å². The predicted molar refractivity (Wildman–Crippen MR) is 57.3 cm³/mol. The van der Waals surface area contributed by atoms with Crippen molar-refractivity contribution < 1.29 is 4.74 Å². The third kappa shape index (κ3) is 2.69. The van der Waals surface area contributed by atoms with E-state index in [1.54, 1.807) is 0 Å². The van der Waals surface area contributed by atoms with Gasteiger partial charge >= 0.3 is 0 Å². The van der Waals surface area contributed by atoms with Crippen molar-refractivity contribution in [2.75, 3.05) is 32.8 Å². The first-order valence-corrected chi connectivity index (χ1v) is 5.88. The van der Waals surface area contributed by atoms with E-state index in [-0.39, 0.29) is 5.54 Å². The molecule has 2 rings (SSSR count). The lowest BCUT2D eigenvalue weighted by molar-refractivity contribution is 0.161. The maximum atomic E-state index is 6.22. The zero-order valence-corrected chi connectivity index (χ0v) is 9.00. The fourth-order valence-electron chi connectivity index (χ4n) is 2.38. The quantitative estimate of drug-likeness (QED) is 0.734. The largest absolute Gasteiger partial charge is 0.379 e. The smallest absolute Gasteiger partial charge is 0.0647 e. The molecule has 3 nitrogen and oxygen atoms in total. The molecule has 0 amide bonds. The number of ether oxygens (including phenoxy) is 1. The summed E-state index contributed by atoms with van der Waals surface area (Å²) >= 11 is 0. The summed E-state index contributed by atoms with van der Waals surface area (Å²) in [6.07, 6.45) is 6.30. The summed E-state index contributed by atoms with van der Waals surface area (Å²) in [6, 6.07) is 0. The fraction of sp³-hybridized carbons (Fsp3) is 1.00. The highest BCUT2D eigenvalue weighted by Gasteiger charge is 2.30. The van der Waals surface area contributed by atoms with E-state index in [2.05, 4.69) is 4.90 Å². The summed E-state index contributed by atoms with van der Waals surface area (Å²) in [5.74, 6) is 0. The second-order valence-corrected chi connectivity index (χ2v) is 4.82. The molecule has 0 saturated carbocycles. The molecular formula is C11H22N2O. The minimum absolute atomic E-state index is 0.0164. The zero-order valence-electron chi connectivity index (χ0n) is 9.00. The topological polar surface area (TPSA) is 38.5 Å². The van der Waals surface area contributed by atoms with Crippen molar-refractivity contribution in [2.45, 2.75) is 37.6 Å². The molecule has 0 aromatic heterocycles. The molecule has 2 aliphatic heterocycles. The Bertz CT molecular complexity index is 172. The lowest BCUT2D eigenvalue weighted by Crippen LogP contribution is -2.44. The summed E-state index contributed by atoms with van der Waals surface area (Å²) in [6.45, 7) is 5.34. The standard InChI is InChI=1S/C11H22N2O/c12-11(5-9-14-10-11)4-8-13-6-2-1-3-7-13/h1-10,12H2. The molecule has 1 unspecified atom stereocenters. The van der Waals surface area contributed by atoms with Gasteiger partial charge < -0.3 is 15.4 Å². The van der Waals surface area contributed by atoms with Crippen LogP contribution in [0.15, 0.2) is 0 Å². The SMILES string of the molecule is NC1(CCN2CCCCC2)CCOC1. The third-order valence-corrected chi connectivity index (χ3v) is 3.51. The number of hydrogen-bond acceptors (Lipinski definition) is 3. The van der Waals surface area contributed by atoms with Crippen molar-refractivity contribution in [1.82, 2.24) is 4.90 Å². The van der Waals surface area contributed by atoms with Gasteiger partial charge in [-0.2, -0.15) is 0 Å². The van der Waals surface area contributed by atoms with E-state index in [1.165, 1.54) is 38.9 Å². The van der Waals surface area contributed by atoms with Crippen LogP contribution >= 0.6 is 0 Å². The van der Waals surface area contributed by atoms with Gasteiger partial charge in [0, 0.05) is 12.1 Å². The first-order valence-electron chi connectivity index (χ1n) is 5.88. The number of nitrogens with zero attached hydrogens (tertiary/aromatic N) is 1. The average Bonchev–Trinajstić information content (AvgIpc) is 2.65. The molecule has 0 aliphatic carbocycles. The highest BCUT2D eigenvalue weighted by molar-refractivity contribution is 4.88. The van der Waals surface area contributed by atoms with Crippen molar-refractivity contribution in [3.63, 3.8) is 0 Å². The monoisotopic (exact) mass is 198 g/mol. The first-order chi connectivity index (χ1) is 6.79. The Balaban J connectivity index is 1.70. The summed E-state index contributed by atoms with van der Waals surface area (Å²) < 4.78 is 5.36. The molecule has 2 aliphatic rings. The number of rotatable bonds is 3. The number of likely N-dealkylation sites (tertiary alicyclic amines) is 1. The Morgan fingerprint density at radius 1 is 1.21 bits per heavy atom. The second kappa shape index (κ2) is 4.60. The summed E-state index contributed by atoms with van der Waals surface area (Å²) in [5.41, 5.74) is 6.21. The zero-order chi connectivity index (χ0) is 9.86. The minimum atomic E-state index is -0.0164. The minimum Gasteiger partial charge on any atom is -0.379 e. The normalized spacial score (nSPS) is 34.9. The fourth-order valence-corrected chi connectivity index (χ4v) is 2.38. The molecule has 0 bridgehead atoms. The molecule has 2 saturated heterocycles. The second-order valence-electron chi connectivity index (χ2n) is 4.82. The molecule has 0 aromatic rings. The highest BCUT2D eigenvalue weighted by atomic mass is 16.5. The molecular weight excluding hydrogens is 176 g/mol. The van der Waals surface area contributed by atoms with E-state index in [0.29, 0.717) is 0 Å². The van der Waals surface area contributed by atoms with Crippen LogP contribution in [-0.4, -0.2) is 43.3 Å². The first kappa shape index (κ1) is 10.4. The van der Waals surface area contributed by atoms with Crippen molar-refractivity contribution in [2.24, 2.45) is 5.73 Å². The van der Waals surface area contributed by atoms with Gasteiger partial charge in [0.2, 0.25) is 0 Å². The van der Waals surface area contributed by atoms with E-state index in [9.17, 15) is 0 Å². The summed E-state index contributed by atoms with van der Waals surface area (Å²) in [5, 5.41) is 0. The Morgan fingerprint density at radius 2 is 2.00 bits per heavy atom. The van der Waals surface area contributed by atoms with Crippen LogP contribution in [0, 0.1) is 0 Å². The van der Waals surface area contributed by atoms with Gasteiger partial charge in [0.1, 0.15) is 0 Å². The molecule has 2 N–H and O–H groups in total. The van der Waals surface area contributed by atoms with Gasteiger partial charge in [-0.3, -0.25) is 0 Å². The Morgan fingerprint density at radius 3 is 2.64 bits per heavy atom. The van der Waals surface area contributed by atoms with Gasteiger partial charge in [0.05, 0.1) is 6.61 Å². The van der Waals surface area contributed by atoms with Crippen LogP contribution in [0.5, 0.6) is 0 Å². The van der Waals surface area contributed by atoms with Gasteiger partial charge in [-0.1, -0.05) is 6.42 Å². The van der Waals surface area contributed by atoms with Crippen LogP contribution in [0.2, 0.25) is 0 Å². The Kier molecular flexibility index (Phi) is 3.42. The van der Waals surface area contributed by atoms with Crippen LogP contribution in [0.25, 0.3) is 0 Å². The highest BCUT2D eigenvalue weighted by Crippen LogP contribution is 2.20. The summed E-state index contributed by atoms with van der Waals surface area (Å²) in [7, 11) is 0. The van der Waals surface area contributed by atoms with Crippen LogP contribution in [-0.2, 0) is 4.74 Å². The van der Waals surface area contributed by atoms with E-state index in [4.69, 9.17) is 10.5 Å². The number of nitrogens with two attached hydrogens (primary N) is 1. The van der Waals surface area contributed by atoms with E-state index >= 15 is 0 Å². The Hall–Kier alpha value is -0.120. The van der Waals surface area contributed by atoms with Gasteiger partial charge in [-0.25, -0.2) is 0 Å². The maximum absolute atomic E-state index is 6.22. The summed E-state index contributed by atoms with van der Waals surface area (Å²) in [4.78, 5) is 2.55. The average molecular weight is 198 g/mol. The molecule has 1 atom stereocenters. The van der Waals surface area contributed by atoms with Gasteiger partial charge in [-0.05, 0) is 45.3 Å². The third-order valence-electron chi connectivity index (χ3n) is 3.51. The molecule has 14 heavy (non-hydrogen) atoms. The molecule has 0 radical (unpaired) electrons. The predicted octanol–water partition coefficient (Wildman–Crippen LogP) is 0.980. The molecule has 0 spiro atoms. The maximum Gasteiger partial charge on any atom is 0.0647 e. The van der Waals surface area contributed by atoms with Crippen molar-refractivity contribution >= 4 is 0 Å². The molecule has 2 heterocycles. The number of piperidine rings is 1. The van der Waals surface area contributed by atoms with Crippen molar-refractivity contribution in [1.29, 1.82) is 0 Å². The molecule has 82 valence electrons. The van der Waals surface area contributed by atoms with Gasteiger partial charge in [0.15, 0.2) is 0 Å². The number of hydrogen-bond donors (Lipinski definition) is 1. The van der Waals surface area contributed by atoms with E-state index in [1.807, 2.05) is 0 Å². The van der Waals surface area contributed by atoms with Crippen molar-refractivity contribution in [3.8, 4) is 0 Å². The van der Waals surface area contributed by atoms with Crippen LogP contribution < -0.4 is 5.73 Å². The lowest BCUT2D eigenvalue weighted by Gasteiger charge is -2.30. The van der Waals surface area contributed by atoms with Crippen LogP contribution in [0.3, 0.4) is 0 Å². The Labute approximate surface area is 86.6 Å². The van der Waals surface area contributed by atoms with E-state index in [0.717, 1.165) is 26.1 Å². The van der Waals surface area contributed by atoms with Crippen molar-refractivity contribution in [3.05, 3.63) is 0 Å². The lowest BCUT2D eigenvalue weighted by atomic mass is 9.95. The molecule has 0 aromatic carbocycles. The van der Waals surface area contributed by atoms with Gasteiger partial charge in [0.25, 0.3) is 0 Å². The molecule has 2 fully saturated rings. The van der Waals surface area contributed by atoms with Gasteiger partial charge in [-0.15, -0.1) is 0 Å². The molecule has 3 heteroatoms. The van der Waals surface area contributed by atoms with E-state index < -0.39 is 0 Å². The van der Waals surface area contributed by atoms with Crippen LogP contribution in [0.1, 0.15) is 32.1 Å².